The maximum Gasteiger partial charge on any atom is 0.204 e. The van der Waals surface area contributed by atoms with E-state index in [2.05, 4.69) is 88.6 Å². The molecule has 8 bridgehead atoms. The molecule has 1 saturated carbocycles. The second-order valence-corrected chi connectivity index (χ2v) is 20.5. The summed E-state index contributed by atoms with van der Waals surface area (Å²) in [6.07, 6.45) is 10.2. The average Bonchev–Trinajstić information content (AvgIpc) is 3.88. The second kappa shape index (κ2) is 21.3. The second-order valence-electron chi connectivity index (χ2n) is 20.5. The molecule has 380 valence electrons. The fraction of sp³-hybridized carbons (Fsp3) is 0.349. The number of hydrogen-bond donors (Lipinski definition) is 5. The van der Waals surface area contributed by atoms with Crippen LogP contribution in [0, 0.1) is 17.8 Å². The van der Waals surface area contributed by atoms with Gasteiger partial charge in [0.25, 0.3) is 0 Å². The number of fused-ring (bicyclic) bond motifs is 11. The lowest BCUT2D eigenvalue weighted by atomic mass is 9.62. The Hall–Kier alpha value is -7.23. The predicted molar refractivity (Wildman–Crippen MR) is 291 cm³/mol. The van der Waals surface area contributed by atoms with Gasteiger partial charge in [0, 0.05) is 60.3 Å². The van der Waals surface area contributed by atoms with Crippen LogP contribution in [0.25, 0.3) is 39.5 Å². The number of phenolic OH excluding ortho intramolecular Hbond substituents is 1. The van der Waals surface area contributed by atoms with Crippen molar-refractivity contribution in [1.29, 1.82) is 0 Å². The first-order chi connectivity index (χ1) is 36.2. The van der Waals surface area contributed by atoms with E-state index in [1.54, 1.807) is 30.3 Å². The van der Waals surface area contributed by atoms with Gasteiger partial charge in [-0.2, -0.15) is 0 Å². The smallest absolute Gasteiger partial charge is 0.204 e. The van der Waals surface area contributed by atoms with E-state index < -0.39 is 12.0 Å². The number of aromatic amines is 1. The zero-order valence-electron chi connectivity index (χ0n) is 42.2. The van der Waals surface area contributed by atoms with Crippen LogP contribution in [-0.2, 0) is 24.7 Å². The van der Waals surface area contributed by atoms with Crippen molar-refractivity contribution in [3.05, 3.63) is 165 Å². The first-order valence-corrected chi connectivity index (χ1v) is 26.4. The molecule has 0 radical (unpaired) electrons. The van der Waals surface area contributed by atoms with E-state index in [-0.39, 0.29) is 89.1 Å². The van der Waals surface area contributed by atoms with Gasteiger partial charge in [0.1, 0.15) is 22.7 Å². The van der Waals surface area contributed by atoms with E-state index in [9.17, 15) is 15.3 Å². The van der Waals surface area contributed by atoms with Gasteiger partial charge in [-0.1, -0.05) is 129 Å². The largest absolute Gasteiger partial charge is 0.508 e. The lowest BCUT2D eigenvalue weighted by Crippen LogP contribution is -2.66. The third-order valence-corrected chi connectivity index (χ3v) is 15.8. The van der Waals surface area contributed by atoms with Crippen LogP contribution in [0.15, 0.2) is 131 Å². The third-order valence-electron chi connectivity index (χ3n) is 15.8. The number of phenols is 1. The van der Waals surface area contributed by atoms with Crippen molar-refractivity contribution in [3.8, 4) is 57.3 Å². The molecule has 4 aliphatic heterocycles. The summed E-state index contributed by atoms with van der Waals surface area (Å²) in [6.45, 7) is 3.67. The number of rotatable bonds is 10. The van der Waals surface area contributed by atoms with Crippen LogP contribution < -0.4 is 29.9 Å². The van der Waals surface area contributed by atoms with E-state index in [1.165, 1.54) is 30.9 Å². The molecular weight excluding hydrogens is 927 g/mol. The van der Waals surface area contributed by atoms with Crippen LogP contribution in [0.4, 0.5) is 5.82 Å². The number of aliphatic hydroxyl groups excluding tert-OH is 2. The zero-order chi connectivity index (χ0) is 50.8. The summed E-state index contributed by atoms with van der Waals surface area (Å²) < 4.78 is 27.2. The molecule has 1 aliphatic carbocycles. The van der Waals surface area contributed by atoms with Crippen LogP contribution in [0.1, 0.15) is 84.9 Å². The number of aromatic hydroxyl groups is 1. The molecule has 12 rings (SSSR count). The fourth-order valence-corrected chi connectivity index (χ4v) is 12.1. The highest BCUT2D eigenvalue weighted by Gasteiger charge is 2.50. The van der Waals surface area contributed by atoms with Gasteiger partial charge in [-0.3, -0.25) is 4.79 Å². The minimum Gasteiger partial charge on any atom is -0.508 e. The number of hydrogen-bond acceptors (Lipinski definition) is 10. The summed E-state index contributed by atoms with van der Waals surface area (Å²) in [6, 6.07) is 37.5. The van der Waals surface area contributed by atoms with E-state index in [4.69, 9.17) is 18.6 Å². The minimum absolute atomic E-state index is 0.0167. The SMILES string of the molecule is CCc1cc2c([nH]1)N1CCNC3C#CC(Cc4cccc-2c4)c2c(c(OC)c(OCCC(O)C=Cc4ccccc4)c4c(=O)cc(-c5ccc(O)cc5)oc24)OCC(CO)Cc2ccc(cc2)C2(CCCCC2)C31. The van der Waals surface area contributed by atoms with Crippen LogP contribution in [-0.4, -0.2) is 78.5 Å². The first kappa shape index (κ1) is 49.0. The number of piperazine rings is 1. The normalized spacial score (nSPS) is 20.5. The average molecular weight is 992 g/mol. The Labute approximate surface area is 432 Å². The third kappa shape index (κ3) is 9.59. The molecule has 1 saturated heterocycles. The molecule has 5 N–H and O–H groups in total. The molecule has 0 amide bonds. The maximum atomic E-state index is 15.1. The number of ether oxygens (including phenoxy) is 3. The van der Waals surface area contributed by atoms with Crippen molar-refractivity contribution < 1.29 is 33.9 Å². The van der Waals surface area contributed by atoms with Crippen molar-refractivity contribution in [1.82, 2.24) is 10.3 Å². The van der Waals surface area contributed by atoms with Crippen LogP contribution >= 0.6 is 0 Å². The molecule has 11 nitrogen and oxygen atoms in total. The number of nitrogens with one attached hydrogen (secondary N) is 2. The Morgan fingerprint density at radius 1 is 0.892 bits per heavy atom. The number of H-pyrrole nitrogens is 1. The Morgan fingerprint density at radius 3 is 2.47 bits per heavy atom. The van der Waals surface area contributed by atoms with E-state index in [0.29, 0.717) is 29.7 Å². The summed E-state index contributed by atoms with van der Waals surface area (Å²) in [5.41, 5.74) is 8.52. The molecule has 2 aromatic heterocycles. The van der Waals surface area contributed by atoms with E-state index >= 15 is 4.79 Å². The summed E-state index contributed by atoms with van der Waals surface area (Å²) in [5.74, 6) is 8.93. The van der Waals surface area contributed by atoms with Gasteiger partial charge < -0.3 is 49.1 Å². The first-order valence-electron chi connectivity index (χ1n) is 26.4. The van der Waals surface area contributed by atoms with Gasteiger partial charge >= 0.3 is 0 Å². The topological polar surface area (TPSA) is 150 Å². The summed E-state index contributed by atoms with van der Waals surface area (Å²) in [4.78, 5) is 21.6. The number of methoxy groups -OCH3 is 1. The zero-order valence-corrected chi connectivity index (χ0v) is 42.2. The molecule has 11 heteroatoms. The van der Waals surface area contributed by atoms with E-state index in [0.717, 1.165) is 78.8 Å². The predicted octanol–water partition coefficient (Wildman–Crippen LogP) is 10.5. The van der Waals surface area contributed by atoms with Gasteiger partial charge in [0.05, 0.1) is 50.0 Å². The monoisotopic (exact) mass is 991 g/mol. The molecule has 5 aromatic carbocycles. The Balaban J connectivity index is 1.17. The number of aromatic nitrogens is 1. The van der Waals surface area contributed by atoms with Crippen LogP contribution in [0.5, 0.6) is 23.0 Å². The Kier molecular flexibility index (Phi) is 14.1. The molecule has 2 fully saturated rings. The van der Waals surface area contributed by atoms with Crippen molar-refractivity contribution in [3.63, 3.8) is 0 Å². The highest BCUT2D eigenvalue weighted by molar-refractivity contribution is 5.94. The molecular formula is C63H65N3O8. The molecule has 1 spiro atoms. The van der Waals surface area contributed by atoms with Crippen molar-refractivity contribution in [2.45, 2.75) is 94.2 Å². The van der Waals surface area contributed by atoms with E-state index in [1.807, 2.05) is 36.4 Å². The summed E-state index contributed by atoms with van der Waals surface area (Å²) in [7, 11) is 1.54. The quantitative estimate of drug-likeness (QED) is 0.0839. The number of anilines is 1. The minimum atomic E-state index is -0.856. The Morgan fingerprint density at radius 2 is 1.70 bits per heavy atom. The molecule has 5 atom stereocenters. The van der Waals surface area contributed by atoms with Crippen molar-refractivity contribution in [2.75, 3.05) is 44.9 Å². The number of benzene rings is 5. The molecule has 7 aromatic rings. The number of nitrogens with zero attached hydrogens (tertiary/aromatic N) is 1. The van der Waals surface area contributed by atoms with Crippen molar-refractivity contribution >= 4 is 22.9 Å². The lowest BCUT2D eigenvalue weighted by Gasteiger charge is -2.54. The molecule has 74 heavy (non-hydrogen) atoms. The molecule has 5 unspecified atom stereocenters. The summed E-state index contributed by atoms with van der Waals surface area (Å²) in [5, 5.41) is 36.7. The number of aryl methyl sites for hydroxylation is 1. The van der Waals surface area contributed by atoms with Crippen LogP contribution in [0.3, 0.4) is 0 Å². The van der Waals surface area contributed by atoms with Gasteiger partial charge in [0.2, 0.25) is 5.75 Å². The van der Waals surface area contributed by atoms with Gasteiger partial charge in [-0.25, -0.2) is 0 Å². The van der Waals surface area contributed by atoms with Gasteiger partial charge in [0.15, 0.2) is 22.5 Å². The lowest BCUT2D eigenvalue weighted by molar-refractivity contribution is 0.156. The van der Waals surface area contributed by atoms with Crippen LogP contribution in [0.2, 0.25) is 0 Å². The van der Waals surface area contributed by atoms with Crippen molar-refractivity contribution in [2.24, 2.45) is 5.92 Å². The maximum absolute atomic E-state index is 15.1. The highest BCUT2D eigenvalue weighted by atomic mass is 16.5. The highest BCUT2D eigenvalue weighted by Crippen LogP contribution is 2.52. The summed E-state index contributed by atoms with van der Waals surface area (Å²) >= 11 is 0. The number of aliphatic hydroxyl groups is 2. The fourth-order valence-electron chi connectivity index (χ4n) is 12.1. The standard InChI is InChI=1S/C63H65N3O8/c1-3-48-36-51-45-14-10-13-42(34-45)35-46-20-26-52-61(66(31-30-64-52)62(51)65-48)63(28-8-5-9-29-63)47-21-15-41(16-22-47)33-43(38-67)39-73-58-55(46)57-56(53(70)37-54(74-57)44-18-24-49(68)25-19-44)59(60(58)71-2)72-32-27-50(69)23-17-40-11-6-4-7-12-40/h4,6-7,10-19,21-25,34,36-37,43,46,50,52,61,64-65,67-69H,3,5,8-9,27-33,35,38-39H2,1-2H3. The Bertz CT molecular complexity index is 3270. The van der Waals surface area contributed by atoms with Gasteiger partial charge in [-0.05, 0) is 90.3 Å². The molecule has 6 heterocycles. The molecule has 5 aliphatic rings. The van der Waals surface area contributed by atoms with Gasteiger partial charge in [-0.15, -0.1) is 0 Å².